The highest BCUT2D eigenvalue weighted by atomic mass is 35.5. The van der Waals surface area contributed by atoms with Gasteiger partial charge < -0.3 is 14.8 Å². The number of oxime groups is 1. The first kappa shape index (κ1) is 31.5. The van der Waals surface area contributed by atoms with Crippen LogP contribution in [0.2, 0.25) is 0 Å². The maximum absolute atomic E-state index is 12.4. The minimum atomic E-state index is -0.553. The van der Waals surface area contributed by atoms with E-state index in [1.807, 2.05) is 88.5 Å². The molecule has 1 amide bonds. The van der Waals surface area contributed by atoms with Crippen LogP contribution in [0.25, 0.3) is 0 Å². The van der Waals surface area contributed by atoms with Crippen LogP contribution in [-0.4, -0.2) is 36.3 Å². The second-order valence-electron chi connectivity index (χ2n) is 9.62. The second kappa shape index (κ2) is 14.5. The third-order valence-corrected chi connectivity index (χ3v) is 7.37. The largest absolute Gasteiger partial charge is 0.461 e. The Balaban J connectivity index is 0.000000358. The minimum Gasteiger partial charge on any atom is -0.461 e. The summed E-state index contributed by atoms with van der Waals surface area (Å²) in [6.07, 6.45) is 4.71. The molecule has 2 atom stereocenters. The molecular weight excluding hydrogens is 547 g/mol. The van der Waals surface area contributed by atoms with Gasteiger partial charge in [0.25, 0.3) is 0 Å². The molecule has 38 heavy (non-hydrogen) atoms. The maximum Gasteiger partial charge on any atom is 0.433 e. The van der Waals surface area contributed by atoms with E-state index in [2.05, 4.69) is 15.3 Å². The lowest BCUT2D eigenvalue weighted by atomic mass is 10.1. The van der Waals surface area contributed by atoms with Crippen molar-refractivity contribution in [2.75, 3.05) is 13.3 Å². The number of para-hydroxylation sites is 1. The number of nitrogens with zero attached hydrogens (tertiary/aromatic N) is 1. The lowest BCUT2D eigenvalue weighted by Crippen LogP contribution is -2.19. The van der Waals surface area contributed by atoms with Gasteiger partial charge in [-0.25, -0.2) is 4.79 Å². The summed E-state index contributed by atoms with van der Waals surface area (Å²) < 4.78 is 11.4. The molecule has 0 spiro atoms. The summed E-state index contributed by atoms with van der Waals surface area (Å²) >= 11 is 13.1. The van der Waals surface area contributed by atoms with Crippen molar-refractivity contribution in [1.82, 2.24) is 5.32 Å². The summed E-state index contributed by atoms with van der Waals surface area (Å²) in [7, 11) is 1.48. The number of carbonyl (C=O) groups is 2. The van der Waals surface area contributed by atoms with E-state index in [-0.39, 0.29) is 39.1 Å². The van der Waals surface area contributed by atoms with Crippen molar-refractivity contribution in [3.63, 3.8) is 0 Å². The van der Waals surface area contributed by atoms with Gasteiger partial charge in [0.15, 0.2) is 0 Å². The average molecular weight is 582 g/mol. The monoisotopic (exact) mass is 580 g/mol. The topological polar surface area (TPSA) is 86.2 Å². The minimum absolute atomic E-state index is 0.00717. The Bertz CT molecular complexity index is 1140. The molecule has 206 valence electrons. The van der Waals surface area contributed by atoms with Crippen molar-refractivity contribution in [2.45, 2.75) is 39.0 Å². The molecule has 10 heteroatoms. The molecule has 2 aromatic carbocycles. The van der Waals surface area contributed by atoms with Crippen LogP contribution in [-0.2, 0) is 21.0 Å². The van der Waals surface area contributed by atoms with Gasteiger partial charge in [-0.05, 0) is 67.3 Å². The first-order valence-corrected chi connectivity index (χ1v) is 13.9. The van der Waals surface area contributed by atoms with E-state index in [0.717, 1.165) is 11.3 Å². The van der Waals surface area contributed by atoms with Crippen LogP contribution in [0.15, 0.2) is 70.3 Å². The Morgan fingerprint density at radius 3 is 2.37 bits per heavy atom. The van der Waals surface area contributed by atoms with Crippen molar-refractivity contribution in [3.8, 4) is 11.5 Å². The van der Waals surface area contributed by atoms with E-state index >= 15 is 0 Å². The Kier molecular flexibility index (Phi) is 12.0. The van der Waals surface area contributed by atoms with E-state index in [9.17, 15) is 9.59 Å². The van der Waals surface area contributed by atoms with Gasteiger partial charge >= 0.3 is 12.1 Å². The van der Waals surface area contributed by atoms with Crippen LogP contribution in [0.1, 0.15) is 33.3 Å². The molecule has 0 aliphatic heterocycles. The Hall–Kier alpha value is -2.68. The van der Waals surface area contributed by atoms with Crippen molar-refractivity contribution < 1.29 is 23.9 Å². The molecule has 1 N–H and O–H groups in total. The predicted molar refractivity (Wildman–Crippen MR) is 155 cm³/mol. The number of nitrogens with one attached hydrogen (secondary N) is 1. The van der Waals surface area contributed by atoms with Crippen molar-refractivity contribution >= 4 is 53.2 Å². The Morgan fingerprint density at radius 1 is 1.11 bits per heavy atom. The van der Waals surface area contributed by atoms with Gasteiger partial charge in [0.1, 0.15) is 22.6 Å². The summed E-state index contributed by atoms with van der Waals surface area (Å²) in [6.45, 7) is 8.17. The molecule has 1 fully saturated rings. The lowest BCUT2D eigenvalue weighted by molar-refractivity contribution is -0.147. The van der Waals surface area contributed by atoms with Crippen LogP contribution >= 0.6 is 35.0 Å². The van der Waals surface area contributed by atoms with Crippen LogP contribution in [0.5, 0.6) is 11.5 Å². The summed E-state index contributed by atoms with van der Waals surface area (Å²) in [5, 5.41) is 5.81. The number of thioether (sulfide) groups is 1. The molecule has 3 rings (SSSR count). The molecule has 1 aliphatic carbocycles. The molecule has 0 radical (unpaired) electrons. The third kappa shape index (κ3) is 10.2. The number of ether oxygens (including phenoxy) is 2. The van der Waals surface area contributed by atoms with Crippen molar-refractivity contribution in [2.24, 2.45) is 22.4 Å². The fourth-order valence-corrected chi connectivity index (χ4v) is 3.86. The lowest BCUT2D eigenvalue weighted by Gasteiger charge is -2.13. The maximum atomic E-state index is 12.4. The van der Waals surface area contributed by atoms with E-state index < -0.39 is 6.09 Å². The number of benzene rings is 2. The molecule has 2 unspecified atom stereocenters. The SMILES string of the molecule is CC1(C)C(C=C(Cl)Cl)C1C(=O)OCc1cccc(Oc2ccccc2)c1.CNC(=O)O/N=C/C(C)(C)SC. The molecule has 0 heterocycles. The number of allylic oxidation sites excluding steroid dienone is 1. The van der Waals surface area contributed by atoms with E-state index in [1.54, 1.807) is 24.1 Å². The van der Waals surface area contributed by atoms with Gasteiger partial charge in [0.05, 0.1) is 12.1 Å². The summed E-state index contributed by atoms with van der Waals surface area (Å²) in [5.41, 5.74) is 0.678. The molecule has 1 saturated carbocycles. The average Bonchev–Trinajstić information content (AvgIpc) is 3.42. The van der Waals surface area contributed by atoms with E-state index in [4.69, 9.17) is 32.7 Å². The molecule has 1 aliphatic rings. The normalized spacial score (nSPS) is 17.5. The Morgan fingerprint density at radius 2 is 1.76 bits per heavy atom. The van der Waals surface area contributed by atoms with E-state index in [1.165, 1.54) is 7.05 Å². The number of amides is 1. The zero-order chi connectivity index (χ0) is 28.3. The molecular formula is C28H34Cl2N2O5S. The van der Waals surface area contributed by atoms with Gasteiger partial charge in [-0.1, -0.05) is 72.5 Å². The fraction of sp³-hybridized carbons (Fsp3) is 0.393. The standard InChI is InChI=1S/C21H20Cl2O3.C7H14N2O2S/c1-21(2)17(12-18(22)23)19(21)20(24)25-13-14-7-6-10-16(11-14)26-15-8-4-3-5-9-15;1-7(2,12-4)5-9-11-6(10)8-3/h3-12,17,19H,13H2,1-2H3;5H,1-4H3,(H,8,10)/b;9-5+. The summed E-state index contributed by atoms with van der Waals surface area (Å²) in [5.74, 6) is 1.01. The zero-order valence-corrected chi connectivity index (χ0v) is 24.7. The number of rotatable bonds is 9. The predicted octanol–water partition coefficient (Wildman–Crippen LogP) is 7.58. The van der Waals surface area contributed by atoms with Gasteiger partial charge in [-0.3, -0.25) is 9.63 Å². The molecule has 7 nitrogen and oxygen atoms in total. The van der Waals surface area contributed by atoms with Gasteiger partial charge in [-0.15, -0.1) is 0 Å². The molecule has 2 aromatic rings. The first-order valence-electron chi connectivity index (χ1n) is 11.9. The summed E-state index contributed by atoms with van der Waals surface area (Å²) in [4.78, 5) is 27.4. The smallest absolute Gasteiger partial charge is 0.433 e. The zero-order valence-electron chi connectivity index (χ0n) is 22.4. The van der Waals surface area contributed by atoms with Gasteiger partial charge in [-0.2, -0.15) is 11.8 Å². The third-order valence-electron chi connectivity index (χ3n) is 5.96. The number of halogens is 2. The van der Waals surface area contributed by atoms with Crippen molar-refractivity contribution in [3.05, 3.63) is 70.7 Å². The fourth-order valence-electron chi connectivity index (χ4n) is 3.44. The molecule has 0 bridgehead atoms. The highest BCUT2D eigenvalue weighted by Crippen LogP contribution is 2.60. The van der Waals surface area contributed by atoms with Crippen molar-refractivity contribution in [1.29, 1.82) is 0 Å². The van der Waals surface area contributed by atoms with Gasteiger partial charge in [0.2, 0.25) is 0 Å². The van der Waals surface area contributed by atoms with Crippen LogP contribution in [0, 0.1) is 17.3 Å². The quantitative estimate of drug-likeness (QED) is 0.142. The first-order chi connectivity index (χ1) is 17.9. The molecule has 0 aromatic heterocycles. The highest BCUT2D eigenvalue weighted by Gasteiger charge is 2.61. The number of carbonyl (C=O) groups excluding carboxylic acids is 2. The van der Waals surface area contributed by atoms with Crippen LogP contribution in [0.4, 0.5) is 4.79 Å². The van der Waals surface area contributed by atoms with Crippen LogP contribution < -0.4 is 10.1 Å². The number of hydrogen-bond acceptors (Lipinski definition) is 7. The number of hydrogen-bond donors (Lipinski definition) is 1. The molecule has 0 saturated heterocycles. The summed E-state index contributed by atoms with van der Waals surface area (Å²) in [6, 6.07) is 17.0. The highest BCUT2D eigenvalue weighted by molar-refractivity contribution is 8.00. The number of esters is 1. The van der Waals surface area contributed by atoms with Crippen LogP contribution in [0.3, 0.4) is 0 Å². The second-order valence-corrected chi connectivity index (χ2v) is 12.1. The Labute approximate surface area is 238 Å². The van der Waals surface area contributed by atoms with E-state index in [0.29, 0.717) is 5.75 Å². The van der Waals surface area contributed by atoms with Gasteiger partial charge in [0, 0.05) is 11.8 Å².